The highest BCUT2D eigenvalue weighted by Gasteiger charge is 2.30. The molecule has 1 aliphatic heterocycles. The summed E-state index contributed by atoms with van der Waals surface area (Å²) >= 11 is 0. The predicted molar refractivity (Wildman–Crippen MR) is 84.1 cm³/mol. The van der Waals surface area contributed by atoms with Crippen molar-refractivity contribution in [2.24, 2.45) is 0 Å². The zero-order chi connectivity index (χ0) is 16.2. The monoisotopic (exact) mass is 298 g/mol. The Bertz CT molecular complexity index is 366. The Kier molecular flexibility index (Phi) is 6.20. The molecule has 0 spiro atoms. The normalized spacial score (nSPS) is 24.6. The van der Waals surface area contributed by atoms with E-state index in [1.807, 2.05) is 32.7 Å². The molecule has 1 aliphatic rings. The fourth-order valence-corrected chi connectivity index (χ4v) is 3.06. The molecule has 1 unspecified atom stereocenters. The van der Waals surface area contributed by atoms with Gasteiger partial charge in [0, 0.05) is 17.6 Å². The highest BCUT2D eigenvalue weighted by atomic mass is 16.2. The third kappa shape index (κ3) is 6.04. The molecule has 0 aliphatic carbocycles. The van der Waals surface area contributed by atoms with E-state index in [1.165, 1.54) is 6.42 Å². The highest BCUT2D eigenvalue weighted by Crippen LogP contribution is 2.21. The second kappa shape index (κ2) is 7.25. The maximum absolute atomic E-state index is 12.5. The third-order valence-electron chi connectivity index (χ3n) is 3.91. The Morgan fingerprint density at radius 2 is 1.67 bits per heavy atom. The molecule has 1 fully saturated rings. The molecule has 1 heterocycles. The molecule has 21 heavy (non-hydrogen) atoms. The molecular formula is C16H32N3O2+. The van der Waals surface area contributed by atoms with E-state index >= 15 is 0 Å². The molecule has 0 aromatic rings. The van der Waals surface area contributed by atoms with Crippen molar-refractivity contribution < 1.29 is 14.5 Å². The van der Waals surface area contributed by atoms with E-state index in [0.717, 1.165) is 17.7 Å². The maximum Gasteiger partial charge on any atom is 0.278 e. The van der Waals surface area contributed by atoms with E-state index in [0.29, 0.717) is 25.2 Å². The number of quaternary nitrogens is 1. The van der Waals surface area contributed by atoms with Gasteiger partial charge in [0.05, 0.1) is 7.05 Å². The van der Waals surface area contributed by atoms with Gasteiger partial charge in [0.15, 0.2) is 13.1 Å². The number of hydrogen-bond acceptors (Lipinski definition) is 2. The van der Waals surface area contributed by atoms with Crippen LogP contribution in [0.5, 0.6) is 0 Å². The Hall–Kier alpha value is -1.10. The molecule has 0 saturated carbocycles. The lowest BCUT2D eigenvalue weighted by atomic mass is 9.97. The first-order chi connectivity index (χ1) is 9.60. The Balaban J connectivity index is 2.48. The minimum Gasteiger partial charge on any atom is -0.347 e. The Morgan fingerprint density at radius 3 is 2.14 bits per heavy atom. The molecule has 0 radical (unpaired) electrons. The summed E-state index contributed by atoms with van der Waals surface area (Å²) in [6, 6.07) is 0.634. The van der Waals surface area contributed by atoms with Gasteiger partial charge in [-0.05, 0) is 53.9 Å². The molecule has 1 rings (SSSR count). The van der Waals surface area contributed by atoms with Gasteiger partial charge in [0.1, 0.15) is 0 Å². The quantitative estimate of drug-likeness (QED) is 0.779. The lowest BCUT2D eigenvalue weighted by molar-refractivity contribution is -0.863. The first kappa shape index (κ1) is 18.0. The summed E-state index contributed by atoms with van der Waals surface area (Å²) in [6.07, 6.45) is 3.36. The second-order valence-electron chi connectivity index (χ2n) is 7.54. The molecule has 5 heteroatoms. The maximum atomic E-state index is 12.5. The van der Waals surface area contributed by atoms with Crippen LogP contribution in [0.2, 0.25) is 0 Å². The molecule has 0 aromatic carbocycles. The van der Waals surface area contributed by atoms with Crippen LogP contribution >= 0.6 is 0 Å². The second-order valence-corrected chi connectivity index (χ2v) is 7.54. The van der Waals surface area contributed by atoms with Gasteiger partial charge in [-0.25, -0.2) is 0 Å². The van der Waals surface area contributed by atoms with Crippen molar-refractivity contribution >= 4 is 11.8 Å². The van der Waals surface area contributed by atoms with E-state index in [2.05, 4.69) is 19.2 Å². The van der Waals surface area contributed by atoms with E-state index < -0.39 is 0 Å². The van der Waals surface area contributed by atoms with Crippen molar-refractivity contribution in [3.63, 3.8) is 0 Å². The number of hydrogen-bond donors (Lipinski definition) is 2. The summed E-state index contributed by atoms with van der Waals surface area (Å²) in [5.74, 6) is 0.156. The van der Waals surface area contributed by atoms with Crippen molar-refractivity contribution in [1.29, 1.82) is 0 Å². The average molecular weight is 298 g/mol. The number of likely N-dealkylation sites (tertiary alicyclic amines) is 1. The molecule has 0 aromatic heterocycles. The highest BCUT2D eigenvalue weighted by molar-refractivity contribution is 5.79. The Morgan fingerprint density at radius 1 is 1.14 bits per heavy atom. The van der Waals surface area contributed by atoms with Crippen LogP contribution in [0.4, 0.5) is 0 Å². The fourth-order valence-electron chi connectivity index (χ4n) is 3.06. The smallest absolute Gasteiger partial charge is 0.278 e. The number of carbonyl (C=O) groups is 2. The van der Waals surface area contributed by atoms with Crippen molar-refractivity contribution in [2.75, 3.05) is 20.1 Å². The molecule has 122 valence electrons. The number of piperidine rings is 1. The molecular weight excluding hydrogens is 266 g/mol. The average Bonchev–Trinajstić information content (AvgIpc) is 2.24. The Labute approximate surface area is 129 Å². The van der Waals surface area contributed by atoms with Crippen molar-refractivity contribution in [3.8, 4) is 0 Å². The van der Waals surface area contributed by atoms with E-state index in [9.17, 15) is 9.59 Å². The number of nitrogens with one attached hydrogen (secondary N) is 2. The van der Waals surface area contributed by atoms with Gasteiger partial charge in [-0.2, -0.15) is 0 Å². The topological polar surface area (TPSA) is 53.9 Å². The van der Waals surface area contributed by atoms with Gasteiger partial charge < -0.3 is 15.1 Å². The van der Waals surface area contributed by atoms with Gasteiger partial charge in [-0.3, -0.25) is 9.59 Å². The van der Waals surface area contributed by atoms with Crippen LogP contribution < -0.4 is 10.2 Å². The third-order valence-corrected chi connectivity index (χ3v) is 3.91. The lowest BCUT2D eigenvalue weighted by Gasteiger charge is -2.39. The SMILES string of the molecule is C[C@@H]1CCC[C@@H](C)N1C(=O)C[NH+](C)CC(=O)NC(C)(C)C. The van der Waals surface area contributed by atoms with Crippen molar-refractivity contribution in [3.05, 3.63) is 0 Å². The largest absolute Gasteiger partial charge is 0.347 e. The van der Waals surface area contributed by atoms with Gasteiger partial charge in [0.25, 0.3) is 11.8 Å². The predicted octanol–water partition coefficient (Wildman–Crippen LogP) is 0.205. The van der Waals surface area contributed by atoms with Crippen LogP contribution in [0, 0.1) is 0 Å². The van der Waals surface area contributed by atoms with E-state index in [-0.39, 0.29) is 17.4 Å². The van der Waals surface area contributed by atoms with Gasteiger partial charge in [0.2, 0.25) is 0 Å². The van der Waals surface area contributed by atoms with Crippen LogP contribution in [0.3, 0.4) is 0 Å². The summed E-state index contributed by atoms with van der Waals surface area (Å²) < 4.78 is 0. The van der Waals surface area contributed by atoms with Gasteiger partial charge in [-0.1, -0.05) is 0 Å². The van der Waals surface area contributed by atoms with Gasteiger partial charge >= 0.3 is 0 Å². The summed E-state index contributed by atoms with van der Waals surface area (Å²) in [6.45, 7) is 10.8. The summed E-state index contributed by atoms with van der Waals surface area (Å²) in [7, 11) is 1.90. The van der Waals surface area contributed by atoms with Crippen LogP contribution in [0.15, 0.2) is 0 Å². The first-order valence-corrected chi connectivity index (χ1v) is 8.03. The number of nitrogens with zero attached hydrogens (tertiary/aromatic N) is 1. The molecule has 1 saturated heterocycles. The van der Waals surface area contributed by atoms with Gasteiger partial charge in [-0.15, -0.1) is 0 Å². The van der Waals surface area contributed by atoms with Crippen LogP contribution in [0.1, 0.15) is 53.9 Å². The molecule has 3 atom stereocenters. The fraction of sp³-hybridized carbons (Fsp3) is 0.875. The van der Waals surface area contributed by atoms with Crippen LogP contribution in [-0.2, 0) is 9.59 Å². The summed E-state index contributed by atoms with van der Waals surface area (Å²) in [5.41, 5.74) is -0.225. The van der Waals surface area contributed by atoms with E-state index in [4.69, 9.17) is 0 Å². The number of carbonyl (C=O) groups excluding carboxylic acids is 2. The number of amides is 2. The molecule has 2 N–H and O–H groups in total. The summed E-state index contributed by atoms with van der Waals surface area (Å²) in [4.78, 5) is 27.3. The van der Waals surface area contributed by atoms with Crippen molar-refractivity contribution in [1.82, 2.24) is 10.2 Å². The van der Waals surface area contributed by atoms with Crippen LogP contribution in [0.25, 0.3) is 0 Å². The minimum atomic E-state index is -0.225. The van der Waals surface area contributed by atoms with Crippen molar-refractivity contribution in [2.45, 2.75) is 71.5 Å². The first-order valence-electron chi connectivity index (χ1n) is 8.03. The molecule has 2 amide bonds. The summed E-state index contributed by atoms with van der Waals surface area (Å²) in [5, 5.41) is 2.94. The standard InChI is InChI=1S/C16H31N3O2/c1-12-8-7-9-13(2)19(12)15(21)11-18(6)10-14(20)17-16(3,4)5/h12-13H,7-11H2,1-6H3,(H,17,20)/p+1/t12-,13-/m1/s1. The molecule has 5 nitrogen and oxygen atoms in total. The minimum absolute atomic E-state index is 0.00691. The van der Waals surface area contributed by atoms with E-state index in [1.54, 1.807) is 0 Å². The zero-order valence-corrected chi connectivity index (χ0v) is 14.5. The number of likely N-dealkylation sites (N-methyl/N-ethyl adjacent to an activating group) is 1. The zero-order valence-electron chi connectivity index (χ0n) is 14.5. The lowest BCUT2D eigenvalue weighted by Crippen LogP contribution is -3.11. The number of rotatable bonds is 4. The van der Waals surface area contributed by atoms with Crippen LogP contribution in [-0.4, -0.2) is 54.5 Å². The molecule has 0 bridgehead atoms.